The first-order chi connectivity index (χ1) is 18.3. The van der Waals surface area contributed by atoms with Crippen molar-refractivity contribution in [3.63, 3.8) is 0 Å². The third kappa shape index (κ3) is 6.50. The van der Waals surface area contributed by atoms with Crippen LogP contribution in [0.5, 0.6) is 11.5 Å². The van der Waals surface area contributed by atoms with Crippen molar-refractivity contribution in [1.29, 1.82) is 0 Å². The summed E-state index contributed by atoms with van der Waals surface area (Å²) >= 11 is 7.62. The van der Waals surface area contributed by atoms with Crippen LogP contribution < -0.4 is 9.47 Å². The number of para-hydroxylation sites is 2. The number of carbonyl (C=O) groups excluding carboxylic acids is 1. The maximum atomic E-state index is 13.7. The molecule has 0 N–H and O–H groups in total. The molecule has 0 spiro atoms. The van der Waals surface area contributed by atoms with Crippen LogP contribution in [0.2, 0.25) is 5.02 Å². The van der Waals surface area contributed by atoms with Crippen molar-refractivity contribution in [2.45, 2.75) is 23.8 Å². The Kier molecular flexibility index (Phi) is 9.67. The predicted octanol–water partition coefficient (Wildman–Crippen LogP) is 4.64. The summed E-state index contributed by atoms with van der Waals surface area (Å²) in [4.78, 5) is 16.8. The highest BCUT2D eigenvalue weighted by atomic mass is 35.5. The number of sulfonamides is 1. The van der Waals surface area contributed by atoms with Crippen molar-refractivity contribution in [3.05, 3.63) is 75.4 Å². The lowest BCUT2D eigenvalue weighted by Gasteiger charge is -2.37. The Balaban J connectivity index is 1.57. The van der Waals surface area contributed by atoms with E-state index in [2.05, 4.69) is 0 Å². The molecule has 204 valence electrons. The number of halogens is 1. The molecule has 11 heteroatoms. The van der Waals surface area contributed by atoms with E-state index in [0.29, 0.717) is 42.5 Å². The molecule has 2 heterocycles. The van der Waals surface area contributed by atoms with Crippen molar-refractivity contribution in [1.82, 2.24) is 9.21 Å². The number of methoxy groups -OCH3 is 2. The molecular weight excluding hydrogens is 548 g/mol. The van der Waals surface area contributed by atoms with E-state index in [-0.39, 0.29) is 36.5 Å². The maximum Gasteiger partial charge on any atom is 0.243 e. The fourth-order valence-corrected chi connectivity index (χ4v) is 6.93. The van der Waals surface area contributed by atoms with Crippen molar-refractivity contribution in [3.8, 4) is 11.5 Å². The van der Waals surface area contributed by atoms with Gasteiger partial charge >= 0.3 is 0 Å². The summed E-state index contributed by atoms with van der Waals surface area (Å²) in [5.74, 6) is 0.895. The molecule has 4 rings (SSSR count). The fraction of sp³-hybridized carbons (Fsp3) is 0.370. The number of carbonyl (C=O) groups is 1. The SMILES string of the molecule is COCCCN(CC(=O)N1CCc2sccc2[C@H]1COc1ccccc1OC)S(=O)(=O)c1ccc(Cl)cc1. The normalized spacial score (nSPS) is 15.4. The molecule has 0 bridgehead atoms. The van der Waals surface area contributed by atoms with E-state index in [0.717, 1.165) is 5.56 Å². The highest BCUT2D eigenvalue weighted by Gasteiger charge is 2.35. The number of ether oxygens (including phenoxy) is 3. The van der Waals surface area contributed by atoms with E-state index < -0.39 is 10.0 Å². The maximum absolute atomic E-state index is 13.7. The zero-order chi connectivity index (χ0) is 27.1. The van der Waals surface area contributed by atoms with Crippen molar-refractivity contribution < 1.29 is 27.4 Å². The number of nitrogens with zero attached hydrogens (tertiary/aromatic N) is 2. The number of thiophene rings is 1. The van der Waals surface area contributed by atoms with Crippen molar-refractivity contribution in [2.24, 2.45) is 0 Å². The number of hydrogen-bond acceptors (Lipinski definition) is 7. The summed E-state index contributed by atoms with van der Waals surface area (Å²) in [6.45, 7) is 0.907. The topological polar surface area (TPSA) is 85.4 Å². The molecule has 1 aromatic heterocycles. The van der Waals surface area contributed by atoms with E-state index in [1.165, 1.54) is 33.4 Å². The van der Waals surface area contributed by atoms with Gasteiger partial charge in [-0.05, 0) is 66.2 Å². The quantitative estimate of drug-likeness (QED) is 0.291. The lowest BCUT2D eigenvalue weighted by molar-refractivity contribution is -0.135. The monoisotopic (exact) mass is 578 g/mol. The molecule has 8 nitrogen and oxygen atoms in total. The number of rotatable bonds is 12. The molecule has 38 heavy (non-hydrogen) atoms. The van der Waals surface area contributed by atoms with Crippen molar-refractivity contribution >= 4 is 38.9 Å². The minimum atomic E-state index is -3.94. The molecule has 1 atom stereocenters. The largest absolute Gasteiger partial charge is 0.493 e. The molecule has 0 radical (unpaired) electrons. The highest BCUT2D eigenvalue weighted by Crippen LogP contribution is 2.35. The van der Waals surface area contributed by atoms with Gasteiger partial charge in [-0.3, -0.25) is 4.79 Å². The number of amides is 1. The van der Waals surface area contributed by atoms with Crippen LogP contribution in [0.4, 0.5) is 0 Å². The van der Waals surface area contributed by atoms with Crippen LogP contribution in [-0.4, -0.2) is 70.6 Å². The second-order valence-corrected chi connectivity index (χ2v) is 12.1. The van der Waals surface area contributed by atoms with Crippen LogP contribution in [0, 0.1) is 0 Å². The van der Waals surface area contributed by atoms with Gasteiger partial charge in [-0.25, -0.2) is 8.42 Å². The average Bonchev–Trinajstić information content (AvgIpc) is 3.41. The third-order valence-corrected chi connectivity index (χ3v) is 9.51. The first-order valence-electron chi connectivity index (χ1n) is 12.2. The van der Waals surface area contributed by atoms with Gasteiger partial charge in [0.1, 0.15) is 6.61 Å². The second kappa shape index (κ2) is 12.9. The molecule has 1 amide bonds. The Labute approximate surface area is 232 Å². The second-order valence-electron chi connectivity index (χ2n) is 8.75. The van der Waals surface area contributed by atoms with Gasteiger partial charge in [-0.1, -0.05) is 23.7 Å². The summed E-state index contributed by atoms with van der Waals surface area (Å²) in [6, 6.07) is 15.0. The smallest absolute Gasteiger partial charge is 0.243 e. The van der Waals surface area contributed by atoms with Crippen LogP contribution in [0.15, 0.2) is 64.9 Å². The van der Waals surface area contributed by atoms with E-state index in [1.807, 2.05) is 35.7 Å². The fourth-order valence-electron chi connectivity index (χ4n) is 4.45. The molecule has 0 fully saturated rings. The van der Waals surface area contributed by atoms with Crippen LogP contribution >= 0.6 is 22.9 Å². The Morgan fingerprint density at radius 2 is 1.84 bits per heavy atom. The Hall–Kier alpha value is -2.63. The number of fused-ring (bicyclic) bond motifs is 1. The molecule has 0 saturated carbocycles. The minimum absolute atomic E-state index is 0.0851. The summed E-state index contributed by atoms with van der Waals surface area (Å²) in [5, 5.41) is 2.44. The van der Waals surface area contributed by atoms with Crippen molar-refractivity contribution in [2.75, 3.05) is 47.1 Å². The molecule has 2 aromatic carbocycles. The van der Waals surface area contributed by atoms with Gasteiger partial charge < -0.3 is 19.1 Å². The van der Waals surface area contributed by atoms with Gasteiger partial charge in [0.05, 0.1) is 24.6 Å². The Bertz CT molecular complexity index is 1330. The molecule has 1 aliphatic heterocycles. The Morgan fingerprint density at radius 1 is 1.11 bits per heavy atom. The summed E-state index contributed by atoms with van der Waals surface area (Å²) in [6.07, 6.45) is 1.16. The lowest BCUT2D eigenvalue weighted by Crippen LogP contribution is -2.48. The molecule has 1 aliphatic rings. The summed E-state index contributed by atoms with van der Waals surface area (Å²) in [5.41, 5.74) is 1.02. The molecular formula is C27H31ClN2O6S2. The van der Waals surface area contributed by atoms with Gasteiger partial charge in [0.25, 0.3) is 0 Å². The van der Waals surface area contributed by atoms with Gasteiger partial charge in [-0.15, -0.1) is 11.3 Å². The standard InChI is InChI=1S/C27H31ClN2O6S2/c1-34-16-5-14-29(38(32,33)21-10-8-20(28)9-11-21)18-27(31)30-15-12-26-22(13-17-37-26)23(30)19-36-25-7-4-3-6-24(25)35-2/h3-4,6-11,13,17,23H,5,12,14-16,18-19H2,1-2H3/t23-/m1/s1. The zero-order valence-electron chi connectivity index (χ0n) is 21.3. The van der Waals surface area contributed by atoms with Crippen LogP contribution in [0.3, 0.4) is 0 Å². The van der Waals surface area contributed by atoms with E-state index in [1.54, 1.807) is 30.5 Å². The van der Waals surface area contributed by atoms with Gasteiger partial charge in [0, 0.05) is 36.7 Å². The van der Waals surface area contributed by atoms with Gasteiger partial charge in [-0.2, -0.15) is 4.31 Å². The van der Waals surface area contributed by atoms with Gasteiger partial charge in [0.2, 0.25) is 15.9 Å². The summed E-state index contributed by atoms with van der Waals surface area (Å²) in [7, 11) is -0.802. The molecule has 0 unspecified atom stereocenters. The summed E-state index contributed by atoms with van der Waals surface area (Å²) < 4.78 is 44.9. The predicted molar refractivity (Wildman–Crippen MR) is 148 cm³/mol. The number of hydrogen-bond donors (Lipinski definition) is 0. The van der Waals surface area contributed by atoms with E-state index in [9.17, 15) is 13.2 Å². The Morgan fingerprint density at radius 3 is 2.55 bits per heavy atom. The van der Waals surface area contributed by atoms with E-state index in [4.69, 9.17) is 25.8 Å². The van der Waals surface area contributed by atoms with Crippen LogP contribution in [0.1, 0.15) is 22.9 Å². The van der Waals surface area contributed by atoms with Crippen LogP contribution in [0.25, 0.3) is 0 Å². The first-order valence-corrected chi connectivity index (χ1v) is 14.9. The third-order valence-electron chi connectivity index (χ3n) is 6.40. The molecule has 0 saturated heterocycles. The molecule has 3 aromatic rings. The lowest BCUT2D eigenvalue weighted by atomic mass is 10.0. The first kappa shape index (κ1) is 28.4. The average molecular weight is 579 g/mol. The minimum Gasteiger partial charge on any atom is -0.493 e. The molecule has 0 aliphatic carbocycles. The van der Waals surface area contributed by atoms with Crippen LogP contribution in [-0.2, 0) is 26.0 Å². The zero-order valence-corrected chi connectivity index (χ0v) is 23.7. The van der Waals surface area contributed by atoms with Gasteiger partial charge in [0.15, 0.2) is 11.5 Å². The van der Waals surface area contributed by atoms with E-state index >= 15 is 0 Å². The number of benzene rings is 2. The highest BCUT2D eigenvalue weighted by molar-refractivity contribution is 7.89.